The molecule has 4 heteroatoms. The molecule has 0 atom stereocenters. The van der Waals surface area contributed by atoms with Crippen LogP contribution in [0.2, 0.25) is 0 Å². The first-order chi connectivity index (χ1) is 6.19. The van der Waals surface area contributed by atoms with E-state index >= 15 is 0 Å². The molecule has 0 saturated heterocycles. The third-order valence-corrected chi connectivity index (χ3v) is 1.84. The number of amidine groups is 1. The molecule has 0 bridgehead atoms. The summed E-state index contributed by atoms with van der Waals surface area (Å²) in [5, 5.41) is 20.1. The van der Waals surface area contributed by atoms with Crippen LogP contribution in [0.3, 0.4) is 0 Å². The third-order valence-electron chi connectivity index (χ3n) is 1.84. The van der Waals surface area contributed by atoms with Gasteiger partial charge < -0.3 is 5.21 Å². The minimum absolute atomic E-state index is 0.0532. The van der Waals surface area contributed by atoms with Crippen molar-refractivity contribution in [2.45, 2.75) is 13.8 Å². The number of benzene rings is 1. The smallest absolute Gasteiger partial charge is 0.196 e. The molecule has 1 aromatic carbocycles. The van der Waals surface area contributed by atoms with Crippen molar-refractivity contribution in [2.75, 3.05) is 0 Å². The molecule has 4 nitrogen and oxygen atoms in total. The zero-order valence-corrected chi connectivity index (χ0v) is 7.57. The Labute approximate surface area is 76.5 Å². The molecular formula is C9H12N2O2. The van der Waals surface area contributed by atoms with Gasteiger partial charge in [0.15, 0.2) is 5.84 Å². The number of nitrogens with one attached hydrogen (secondary N) is 1. The average molecular weight is 180 g/mol. The van der Waals surface area contributed by atoms with Gasteiger partial charge in [-0.3, -0.25) is 5.21 Å². The highest BCUT2D eigenvalue weighted by Crippen LogP contribution is 2.10. The largest absolute Gasteiger partial charge is 0.409 e. The first kappa shape index (κ1) is 9.54. The van der Waals surface area contributed by atoms with Crippen LogP contribution in [-0.4, -0.2) is 16.3 Å². The second kappa shape index (κ2) is 3.91. The maximum atomic E-state index is 8.63. The van der Waals surface area contributed by atoms with Crippen LogP contribution in [0, 0.1) is 13.8 Å². The molecule has 70 valence electrons. The highest BCUT2D eigenvalue weighted by atomic mass is 16.5. The molecule has 1 rings (SSSR count). The molecule has 0 radical (unpaired) electrons. The molecule has 0 aliphatic heterocycles. The van der Waals surface area contributed by atoms with E-state index in [4.69, 9.17) is 10.4 Å². The predicted molar refractivity (Wildman–Crippen MR) is 49.2 cm³/mol. The highest BCUT2D eigenvalue weighted by Gasteiger charge is 2.05. The molecule has 0 heterocycles. The Hall–Kier alpha value is -1.55. The zero-order valence-electron chi connectivity index (χ0n) is 7.57. The fourth-order valence-electron chi connectivity index (χ4n) is 1.22. The summed E-state index contributed by atoms with van der Waals surface area (Å²) < 4.78 is 0. The molecule has 0 saturated carbocycles. The number of hydroxylamine groups is 1. The second-order valence-electron chi connectivity index (χ2n) is 2.88. The number of aryl methyl sites for hydroxylation is 2. The van der Waals surface area contributed by atoms with Crippen LogP contribution in [0.5, 0.6) is 0 Å². The van der Waals surface area contributed by atoms with Crippen molar-refractivity contribution in [3.63, 3.8) is 0 Å². The van der Waals surface area contributed by atoms with E-state index < -0.39 is 0 Å². The Morgan fingerprint density at radius 3 is 2.54 bits per heavy atom. The summed E-state index contributed by atoms with van der Waals surface area (Å²) in [4.78, 5) is 0. The lowest BCUT2D eigenvalue weighted by molar-refractivity contribution is 0.223. The van der Waals surface area contributed by atoms with E-state index in [0.29, 0.717) is 5.56 Å². The van der Waals surface area contributed by atoms with Crippen LogP contribution in [0.4, 0.5) is 0 Å². The lowest BCUT2D eigenvalue weighted by atomic mass is 10.1. The van der Waals surface area contributed by atoms with E-state index in [9.17, 15) is 0 Å². The van der Waals surface area contributed by atoms with Gasteiger partial charge in [-0.1, -0.05) is 28.9 Å². The van der Waals surface area contributed by atoms with Gasteiger partial charge >= 0.3 is 0 Å². The highest BCUT2D eigenvalue weighted by molar-refractivity contribution is 5.98. The summed E-state index contributed by atoms with van der Waals surface area (Å²) in [5.41, 5.74) is 4.57. The monoisotopic (exact) mass is 180 g/mol. The number of hydrogen-bond acceptors (Lipinski definition) is 3. The summed E-state index contributed by atoms with van der Waals surface area (Å²) in [6, 6.07) is 5.60. The molecule has 0 aliphatic carbocycles. The molecular weight excluding hydrogens is 168 g/mol. The van der Waals surface area contributed by atoms with Crippen molar-refractivity contribution < 1.29 is 10.4 Å². The van der Waals surface area contributed by atoms with Crippen LogP contribution in [0.1, 0.15) is 16.7 Å². The molecule has 1 aromatic rings. The van der Waals surface area contributed by atoms with Gasteiger partial charge in [-0.15, -0.1) is 0 Å². The summed E-state index contributed by atoms with van der Waals surface area (Å²) in [5.74, 6) is 0.0532. The quantitative estimate of drug-likeness (QED) is 0.265. The minimum Gasteiger partial charge on any atom is -0.409 e. The van der Waals surface area contributed by atoms with Crippen LogP contribution in [-0.2, 0) is 0 Å². The Morgan fingerprint density at radius 2 is 2.08 bits per heavy atom. The molecule has 0 aliphatic rings. The summed E-state index contributed by atoms with van der Waals surface area (Å²) >= 11 is 0. The van der Waals surface area contributed by atoms with Crippen molar-refractivity contribution >= 4 is 5.84 Å². The van der Waals surface area contributed by atoms with Gasteiger partial charge in [0.05, 0.1) is 0 Å². The zero-order chi connectivity index (χ0) is 9.84. The van der Waals surface area contributed by atoms with E-state index in [2.05, 4.69) is 5.16 Å². The number of rotatable bonds is 1. The first-order valence-electron chi connectivity index (χ1n) is 3.89. The van der Waals surface area contributed by atoms with Crippen LogP contribution >= 0.6 is 0 Å². The van der Waals surface area contributed by atoms with Gasteiger partial charge in [0.2, 0.25) is 0 Å². The van der Waals surface area contributed by atoms with E-state index in [1.54, 1.807) is 6.07 Å². The summed E-state index contributed by atoms with van der Waals surface area (Å²) in [7, 11) is 0. The lowest BCUT2D eigenvalue weighted by Gasteiger charge is -2.06. The Morgan fingerprint density at radius 1 is 1.38 bits per heavy atom. The first-order valence-corrected chi connectivity index (χ1v) is 3.89. The SMILES string of the molecule is Cc1ccc(C(=NO)NO)c(C)c1. The predicted octanol–water partition coefficient (Wildman–Crippen LogP) is 1.42. The molecule has 13 heavy (non-hydrogen) atoms. The number of oxime groups is 1. The average Bonchev–Trinajstić information content (AvgIpc) is 2.10. The lowest BCUT2D eigenvalue weighted by Crippen LogP contribution is -2.21. The van der Waals surface area contributed by atoms with E-state index in [1.165, 1.54) is 0 Å². The van der Waals surface area contributed by atoms with Crippen molar-refractivity contribution in [3.8, 4) is 0 Å². The number of hydrogen-bond donors (Lipinski definition) is 3. The van der Waals surface area contributed by atoms with Gasteiger partial charge in [0.25, 0.3) is 0 Å². The van der Waals surface area contributed by atoms with Gasteiger partial charge in [-0.25, -0.2) is 5.48 Å². The van der Waals surface area contributed by atoms with Crippen molar-refractivity contribution in [2.24, 2.45) is 5.16 Å². The minimum atomic E-state index is 0.0532. The van der Waals surface area contributed by atoms with Gasteiger partial charge in [0.1, 0.15) is 0 Å². The van der Waals surface area contributed by atoms with E-state index in [-0.39, 0.29) is 5.84 Å². The van der Waals surface area contributed by atoms with Gasteiger partial charge in [-0.05, 0) is 19.4 Å². The Balaban J connectivity index is 3.15. The van der Waals surface area contributed by atoms with Gasteiger partial charge in [0, 0.05) is 5.56 Å². The Bertz CT molecular complexity index is 334. The maximum absolute atomic E-state index is 8.63. The van der Waals surface area contributed by atoms with Crippen molar-refractivity contribution in [1.82, 2.24) is 5.48 Å². The van der Waals surface area contributed by atoms with Crippen LogP contribution < -0.4 is 5.48 Å². The van der Waals surface area contributed by atoms with Crippen LogP contribution in [0.15, 0.2) is 23.4 Å². The summed E-state index contributed by atoms with van der Waals surface area (Å²) in [6.45, 7) is 3.85. The molecule has 0 unspecified atom stereocenters. The fraction of sp³-hybridized carbons (Fsp3) is 0.222. The standard InChI is InChI=1S/C9H12N2O2/c1-6-3-4-8(7(2)5-6)9(10-12)11-13/h3-5,12-13H,1-2H3,(H,10,11). The third kappa shape index (κ3) is 1.97. The van der Waals surface area contributed by atoms with E-state index in [0.717, 1.165) is 11.1 Å². The normalized spacial score (nSPS) is 11.5. The number of nitrogens with zero attached hydrogens (tertiary/aromatic N) is 1. The van der Waals surface area contributed by atoms with Crippen molar-refractivity contribution in [1.29, 1.82) is 0 Å². The molecule has 0 amide bonds. The molecule has 3 N–H and O–H groups in total. The Kier molecular flexibility index (Phi) is 2.87. The van der Waals surface area contributed by atoms with Crippen LogP contribution in [0.25, 0.3) is 0 Å². The van der Waals surface area contributed by atoms with E-state index in [1.807, 2.05) is 31.5 Å². The fourth-order valence-corrected chi connectivity index (χ4v) is 1.22. The second-order valence-corrected chi connectivity index (χ2v) is 2.88. The van der Waals surface area contributed by atoms with Gasteiger partial charge in [-0.2, -0.15) is 0 Å². The topological polar surface area (TPSA) is 64.9 Å². The molecule has 0 aromatic heterocycles. The maximum Gasteiger partial charge on any atom is 0.196 e. The van der Waals surface area contributed by atoms with Crippen molar-refractivity contribution in [3.05, 3.63) is 34.9 Å². The molecule has 0 fully saturated rings. The molecule has 0 spiro atoms. The summed E-state index contributed by atoms with van der Waals surface area (Å²) in [6.07, 6.45) is 0.